The van der Waals surface area contributed by atoms with Gasteiger partial charge in [0, 0.05) is 33.2 Å². The van der Waals surface area contributed by atoms with Crippen molar-refractivity contribution < 1.29 is 4.79 Å². The number of anilines is 1. The number of aryl methyl sites for hydroxylation is 2. The maximum Gasteiger partial charge on any atom is 0.224 e. The molecule has 0 spiro atoms. The zero-order chi connectivity index (χ0) is 15.4. The van der Waals surface area contributed by atoms with Crippen LogP contribution in [-0.2, 0) is 11.8 Å². The van der Waals surface area contributed by atoms with Crippen molar-refractivity contribution >= 4 is 11.7 Å². The average molecular weight is 290 g/mol. The number of amides is 1. The number of hydrogen-bond acceptors (Lipinski definition) is 5. The second-order valence-corrected chi connectivity index (χ2v) is 5.38. The van der Waals surface area contributed by atoms with Gasteiger partial charge in [-0.3, -0.25) is 9.48 Å². The number of carbonyl (C=O) groups excluding carboxylic acids is 1. The summed E-state index contributed by atoms with van der Waals surface area (Å²) >= 11 is 0. The van der Waals surface area contributed by atoms with Gasteiger partial charge >= 0.3 is 0 Å². The van der Waals surface area contributed by atoms with E-state index in [9.17, 15) is 10.1 Å². The van der Waals surface area contributed by atoms with Gasteiger partial charge in [0.25, 0.3) is 0 Å². The van der Waals surface area contributed by atoms with Gasteiger partial charge in [0.05, 0.1) is 11.6 Å². The van der Waals surface area contributed by atoms with Crippen LogP contribution in [0.5, 0.6) is 0 Å². The van der Waals surface area contributed by atoms with Crippen LogP contribution >= 0.6 is 0 Å². The van der Waals surface area contributed by atoms with Crippen LogP contribution in [0.25, 0.3) is 0 Å². The summed E-state index contributed by atoms with van der Waals surface area (Å²) in [6, 6.07) is 2.22. The highest BCUT2D eigenvalue weighted by molar-refractivity contribution is 5.79. The Labute approximate surface area is 124 Å². The molecular formula is C14H22N6O. The zero-order valence-electron chi connectivity index (χ0n) is 12.6. The Hall–Kier alpha value is -2.07. The van der Waals surface area contributed by atoms with Crippen LogP contribution in [0.1, 0.15) is 24.1 Å². The summed E-state index contributed by atoms with van der Waals surface area (Å²) < 4.78 is 1.73. The molecule has 1 amide bonds. The Morgan fingerprint density at radius 3 is 3.05 bits per heavy atom. The molecule has 7 heteroatoms. The van der Waals surface area contributed by atoms with E-state index in [0.29, 0.717) is 25.2 Å². The Morgan fingerprint density at radius 2 is 2.38 bits per heavy atom. The smallest absolute Gasteiger partial charge is 0.224 e. The fraction of sp³-hybridized carbons (Fsp3) is 0.643. The van der Waals surface area contributed by atoms with Crippen LogP contribution in [0.2, 0.25) is 0 Å². The highest BCUT2D eigenvalue weighted by Gasteiger charge is 2.29. The van der Waals surface area contributed by atoms with Gasteiger partial charge in [-0.2, -0.15) is 10.4 Å². The first-order chi connectivity index (χ1) is 10.1. The first-order valence-corrected chi connectivity index (χ1v) is 7.25. The molecule has 114 valence electrons. The maximum absolute atomic E-state index is 12.1. The molecule has 1 saturated heterocycles. The van der Waals surface area contributed by atoms with Gasteiger partial charge < -0.3 is 16.0 Å². The molecule has 1 aliphatic heterocycles. The number of aromatic nitrogens is 2. The van der Waals surface area contributed by atoms with E-state index >= 15 is 0 Å². The SMILES string of the molecule is Cc1nn(C)c(N2CCCC(C(=O)NCCN)C2)c1C#N. The Kier molecular flexibility index (Phi) is 4.81. The van der Waals surface area contributed by atoms with E-state index in [4.69, 9.17) is 5.73 Å². The largest absolute Gasteiger partial charge is 0.355 e. The van der Waals surface area contributed by atoms with E-state index in [1.54, 1.807) is 4.68 Å². The number of hydrogen-bond donors (Lipinski definition) is 2. The summed E-state index contributed by atoms with van der Waals surface area (Å²) in [5.74, 6) is 0.793. The highest BCUT2D eigenvalue weighted by Crippen LogP contribution is 2.27. The molecule has 1 unspecified atom stereocenters. The molecule has 3 N–H and O–H groups in total. The predicted octanol–water partition coefficient (Wildman–Crippen LogP) is -0.108. The fourth-order valence-electron chi connectivity index (χ4n) is 2.86. The lowest BCUT2D eigenvalue weighted by Gasteiger charge is -2.33. The second kappa shape index (κ2) is 6.59. The summed E-state index contributed by atoms with van der Waals surface area (Å²) in [5.41, 5.74) is 6.74. The minimum Gasteiger partial charge on any atom is -0.355 e. The molecule has 1 aromatic heterocycles. The number of nitrogens with two attached hydrogens (primary N) is 1. The van der Waals surface area contributed by atoms with Crippen molar-refractivity contribution in [2.24, 2.45) is 18.7 Å². The molecule has 21 heavy (non-hydrogen) atoms. The standard InChI is InChI=1S/C14H22N6O/c1-10-12(8-16)14(19(2)18-10)20-7-3-4-11(9-20)13(21)17-6-5-15/h11H,3-7,9,15H2,1-2H3,(H,17,21). The lowest BCUT2D eigenvalue weighted by atomic mass is 9.97. The molecule has 2 heterocycles. The molecule has 0 saturated carbocycles. The molecule has 1 aliphatic rings. The van der Waals surface area contributed by atoms with E-state index in [2.05, 4.69) is 21.4 Å². The van der Waals surface area contributed by atoms with Gasteiger partial charge in [-0.05, 0) is 19.8 Å². The normalized spacial score (nSPS) is 18.4. The van der Waals surface area contributed by atoms with Crippen LogP contribution in [0.4, 0.5) is 5.82 Å². The van der Waals surface area contributed by atoms with Crippen LogP contribution in [-0.4, -0.2) is 41.9 Å². The zero-order valence-corrected chi connectivity index (χ0v) is 12.6. The van der Waals surface area contributed by atoms with Crippen molar-refractivity contribution in [2.75, 3.05) is 31.1 Å². The Balaban J connectivity index is 2.15. The van der Waals surface area contributed by atoms with Crippen LogP contribution in [0.15, 0.2) is 0 Å². The maximum atomic E-state index is 12.1. The first kappa shape index (κ1) is 15.3. The quantitative estimate of drug-likeness (QED) is 0.806. The molecule has 2 rings (SSSR count). The summed E-state index contributed by atoms with van der Waals surface area (Å²) in [6.45, 7) is 4.24. The highest BCUT2D eigenvalue weighted by atomic mass is 16.1. The van der Waals surface area contributed by atoms with E-state index in [-0.39, 0.29) is 11.8 Å². The number of rotatable bonds is 4. The van der Waals surface area contributed by atoms with E-state index in [1.807, 2.05) is 14.0 Å². The predicted molar refractivity (Wildman–Crippen MR) is 79.7 cm³/mol. The number of nitrogens with one attached hydrogen (secondary N) is 1. The van der Waals surface area contributed by atoms with Crippen molar-refractivity contribution in [3.05, 3.63) is 11.3 Å². The topological polar surface area (TPSA) is 100.0 Å². The van der Waals surface area contributed by atoms with Crippen molar-refractivity contribution in [2.45, 2.75) is 19.8 Å². The fourth-order valence-corrected chi connectivity index (χ4v) is 2.86. The van der Waals surface area contributed by atoms with Gasteiger partial charge in [-0.15, -0.1) is 0 Å². The average Bonchev–Trinajstić information content (AvgIpc) is 2.78. The second-order valence-electron chi connectivity index (χ2n) is 5.38. The molecular weight excluding hydrogens is 268 g/mol. The van der Waals surface area contributed by atoms with Crippen molar-refractivity contribution in [3.8, 4) is 6.07 Å². The number of carbonyl (C=O) groups is 1. The molecule has 1 atom stereocenters. The first-order valence-electron chi connectivity index (χ1n) is 7.25. The number of nitrogens with zero attached hydrogens (tertiary/aromatic N) is 4. The third-order valence-corrected chi connectivity index (χ3v) is 3.84. The molecule has 7 nitrogen and oxygen atoms in total. The summed E-state index contributed by atoms with van der Waals surface area (Å²) in [7, 11) is 1.83. The number of piperidine rings is 1. The minimum atomic E-state index is -0.0629. The van der Waals surface area contributed by atoms with E-state index < -0.39 is 0 Å². The summed E-state index contributed by atoms with van der Waals surface area (Å²) in [5, 5.41) is 16.5. The van der Waals surface area contributed by atoms with Crippen molar-refractivity contribution in [3.63, 3.8) is 0 Å². The molecule has 1 fully saturated rings. The van der Waals surface area contributed by atoms with Gasteiger partial charge in [0.15, 0.2) is 0 Å². The molecule has 0 aromatic carbocycles. The molecule has 0 aliphatic carbocycles. The molecule has 0 radical (unpaired) electrons. The van der Waals surface area contributed by atoms with Crippen molar-refractivity contribution in [1.82, 2.24) is 15.1 Å². The Morgan fingerprint density at radius 1 is 1.62 bits per heavy atom. The van der Waals surface area contributed by atoms with Crippen LogP contribution < -0.4 is 16.0 Å². The lowest BCUT2D eigenvalue weighted by Crippen LogP contribution is -2.44. The van der Waals surface area contributed by atoms with Crippen LogP contribution in [0.3, 0.4) is 0 Å². The van der Waals surface area contributed by atoms with Crippen LogP contribution in [0, 0.1) is 24.2 Å². The third-order valence-electron chi connectivity index (χ3n) is 3.84. The number of nitriles is 1. The van der Waals surface area contributed by atoms with Gasteiger partial charge in [0.1, 0.15) is 17.5 Å². The minimum absolute atomic E-state index is 0.0440. The molecule has 1 aromatic rings. The molecule has 0 bridgehead atoms. The third kappa shape index (κ3) is 3.16. The lowest BCUT2D eigenvalue weighted by molar-refractivity contribution is -0.125. The van der Waals surface area contributed by atoms with E-state index in [0.717, 1.165) is 30.9 Å². The van der Waals surface area contributed by atoms with Gasteiger partial charge in [-0.1, -0.05) is 0 Å². The monoisotopic (exact) mass is 290 g/mol. The van der Waals surface area contributed by atoms with Crippen molar-refractivity contribution in [1.29, 1.82) is 5.26 Å². The van der Waals surface area contributed by atoms with Gasteiger partial charge in [0.2, 0.25) is 5.91 Å². The van der Waals surface area contributed by atoms with E-state index in [1.165, 1.54) is 0 Å². The van der Waals surface area contributed by atoms with Gasteiger partial charge in [-0.25, -0.2) is 0 Å². The summed E-state index contributed by atoms with van der Waals surface area (Å²) in [4.78, 5) is 14.2. The Bertz CT molecular complexity index is 559. The summed E-state index contributed by atoms with van der Waals surface area (Å²) in [6.07, 6.45) is 1.79.